The highest BCUT2D eigenvalue weighted by molar-refractivity contribution is 5.91. The van der Waals surface area contributed by atoms with Gasteiger partial charge in [-0.15, -0.1) is 0 Å². The predicted octanol–water partition coefficient (Wildman–Crippen LogP) is 0.886. The van der Waals surface area contributed by atoms with Gasteiger partial charge in [0, 0.05) is 19.8 Å². The highest BCUT2D eigenvalue weighted by Gasteiger charge is 2.65. The minimum Gasteiger partial charge on any atom is -0.481 e. The van der Waals surface area contributed by atoms with E-state index in [-0.39, 0.29) is 5.91 Å². The summed E-state index contributed by atoms with van der Waals surface area (Å²) in [6, 6.07) is 0. The number of amides is 1. The van der Waals surface area contributed by atoms with Crippen molar-refractivity contribution in [2.24, 2.45) is 17.3 Å². The van der Waals surface area contributed by atoms with Gasteiger partial charge >= 0.3 is 5.97 Å². The van der Waals surface area contributed by atoms with Crippen LogP contribution in [0.2, 0.25) is 0 Å². The third-order valence-electron chi connectivity index (χ3n) is 3.34. The largest absolute Gasteiger partial charge is 0.481 e. The zero-order chi connectivity index (χ0) is 13.1. The standard InChI is InChI=1S/C12H21NO4/c1-4-17-7-5-6-13-10(14)8-9(11(15)16)12(8,2)3/h8-9H,4-7H2,1-3H3,(H,13,14)(H,15,16)/t8-,9+/m1/s1. The number of nitrogens with one attached hydrogen (secondary N) is 1. The van der Waals surface area contributed by atoms with Crippen molar-refractivity contribution in [3.63, 3.8) is 0 Å². The van der Waals surface area contributed by atoms with E-state index in [0.717, 1.165) is 6.42 Å². The molecule has 0 aromatic heterocycles. The van der Waals surface area contributed by atoms with Gasteiger partial charge in [-0.05, 0) is 18.8 Å². The fourth-order valence-corrected chi connectivity index (χ4v) is 2.23. The molecular weight excluding hydrogens is 222 g/mol. The molecule has 17 heavy (non-hydrogen) atoms. The lowest BCUT2D eigenvalue weighted by Crippen LogP contribution is -2.28. The highest BCUT2D eigenvalue weighted by Crippen LogP contribution is 2.58. The summed E-state index contributed by atoms with van der Waals surface area (Å²) in [4.78, 5) is 22.7. The topological polar surface area (TPSA) is 75.6 Å². The molecule has 2 atom stereocenters. The van der Waals surface area contributed by atoms with Crippen LogP contribution < -0.4 is 5.32 Å². The molecule has 98 valence electrons. The van der Waals surface area contributed by atoms with Crippen LogP contribution in [0.1, 0.15) is 27.2 Å². The van der Waals surface area contributed by atoms with Gasteiger partial charge in [0.05, 0.1) is 11.8 Å². The van der Waals surface area contributed by atoms with Crippen molar-refractivity contribution in [1.82, 2.24) is 5.32 Å². The van der Waals surface area contributed by atoms with E-state index in [1.165, 1.54) is 0 Å². The first-order valence-corrected chi connectivity index (χ1v) is 6.01. The van der Waals surface area contributed by atoms with Gasteiger partial charge in [-0.1, -0.05) is 13.8 Å². The van der Waals surface area contributed by atoms with E-state index >= 15 is 0 Å². The first-order chi connectivity index (χ1) is 7.92. The molecule has 1 amide bonds. The number of carbonyl (C=O) groups is 2. The van der Waals surface area contributed by atoms with Crippen LogP contribution >= 0.6 is 0 Å². The molecule has 0 heterocycles. The Hall–Kier alpha value is -1.10. The second-order valence-corrected chi connectivity index (χ2v) is 4.96. The maximum absolute atomic E-state index is 11.8. The molecule has 1 rings (SSSR count). The number of hydrogen-bond donors (Lipinski definition) is 2. The molecule has 1 aliphatic rings. The van der Waals surface area contributed by atoms with E-state index in [9.17, 15) is 9.59 Å². The van der Waals surface area contributed by atoms with Crippen LogP contribution in [0.4, 0.5) is 0 Å². The Morgan fingerprint density at radius 2 is 2.00 bits per heavy atom. The Labute approximate surface area is 102 Å². The fraction of sp³-hybridized carbons (Fsp3) is 0.833. The molecule has 0 saturated heterocycles. The second kappa shape index (κ2) is 5.49. The zero-order valence-corrected chi connectivity index (χ0v) is 10.7. The number of carbonyl (C=O) groups excluding carboxylic acids is 1. The molecule has 0 aliphatic heterocycles. The summed E-state index contributed by atoms with van der Waals surface area (Å²) >= 11 is 0. The van der Waals surface area contributed by atoms with Crippen molar-refractivity contribution in [1.29, 1.82) is 0 Å². The first-order valence-electron chi connectivity index (χ1n) is 6.01. The lowest BCUT2D eigenvalue weighted by molar-refractivity contribution is -0.140. The van der Waals surface area contributed by atoms with Crippen molar-refractivity contribution in [2.75, 3.05) is 19.8 Å². The van der Waals surface area contributed by atoms with Gasteiger partial charge < -0.3 is 15.2 Å². The quantitative estimate of drug-likeness (QED) is 0.651. The van der Waals surface area contributed by atoms with Crippen molar-refractivity contribution >= 4 is 11.9 Å². The normalized spacial score (nSPS) is 25.4. The summed E-state index contributed by atoms with van der Waals surface area (Å²) in [5.74, 6) is -1.98. The van der Waals surface area contributed by atoms with Gasteiger partial charge in [-0.3, -0.25) is 9.59 Å². The number of ether oxygens (including phenoxy) is 1. The van der Waals surface area contributed by atoms with Crippen LogP contribution in [-0.4, -0.2) is 36.7 Å². The molecular formula is C12H21NO4. The lowest BCUT2D eigenvalue weighted by Gasteiger charge is -2.05. The Morgan fingerprint density at radius 1 is 1.35 bits per heavy atom. The van der Waals surface area contributed by atoms with Crippen molar-refractivity contribution in [2.45, 2.75) is 27.2 Å². The second-order valence-electron chi connectivity index (χ2n) is 4.96. The van der Waals surface area contributed by atoms with E-state index in [1.54, 1.807) is 0 Å². The average Bonchev–Trinajstić information content (AvgIpc) is 2.81. The van der Waals surface area contributed by atoms with Gasteiger partial charge in [-0.25, -0.2) is 0 Å². The third kappa shape index (κ3) is 3.19. The molecule has 0 aromatic carbocycles. The number of aliphatic carboxylic acids is 1. The molecule has 0 aromatic rings. The van der Waals surface area contributed by atoms with Crippen LogP contribution in [0.3, 0.4) is 0 Å². The molecule has 0 unspecified atom stereocenters. The van der Waals surface area contributed by atoms with Crippen LogP contribution in [0.5, 0.6) is 0 Å². The van der Waals surface area contributed by atoms with Gasteiger partial charge in [0.2, 0.25) is 5.91 Å². The Kier molecular flexibility index (Phi) is 4.51. The molecule has 1 fully saturated rings. The number of rotatable bonds is 7. The Balaban J connectivity index is 2.28. The molecule has 0 spiro atoms. The van der Waals surface area contributed by atoms with Gasteiger partial charge in [0.1, 0.15) is 0 Å². The molecule has 1 aliphatic carbocycles. The smallest absolute Gasteiger partial charge is 0.307 e. The minimum atomic E-state index is -0.885. The number of hydrogen-bond acceptors (Lipinski definition) is 3. The van der Waals surface area contributed by atoms with Crippen molar-refractivity contribution in [3.05, 3.63) is 0 Å². The summed E-state index contributed by atoms with van der Waals surface area (Å²) in [6.07, 6.45) is 0.754. The maximum Gasteiger partial charge on any atom is 0.307 e. The SMILES string of the molecule is CCOCCCNC(=O)[C@H]1[C@@H](C(=O)O)C1(C)C. The van der Waals surface area contributed by atoms with Crippen LogP contribution in [0.25, 0.3) is 0 Å². The van der Waals surface area contributed by atoms with Gasteiger partial charge in [0.15, 0.2) is 0 Å². The van der Waals surface area contributed by atoms with E-state index in [1.807, 2.05) is 20.8 Å². The summed E-state index contributed by atoms with van der Waals surface area (Å²) < 4.78 is 5.15. The average molecular weight is 243 g/mol. The molecule has 5 nitrogen and oxygen atoms in total. The Morgan fingerprint density at radius 3 is 2.47 bits per heavy atom. The minimum absolute atomic E-state index is 0.154. The van der Waals surface area contributed by atoms with Crippen LogP contribution in [-0.2, 0) is 14.3 Å². The highest BCUT2D eigenvalue weighted by atomic mass is 16.5. The van der Waals surface area contributed by atoms with Crippen LogP contribution in [0, 0.1) is 17.3 Å². The van der Waals surface area contributed by atoms with Gasteiger partial charge in [-0.2, -0.15) is 0 Å². The zero-order valence-electron chi connectivity index (χ0n) is 10.7. The van der Waals surface area contributed by atoms with E-state index in [4.69, 9.17) is 9.84 Å². The van der Waals surface area contributed by atoms with E-state index in [2.05, 4.69) is 5.32 Å². The molecule has 1 saturated carbocycles. The van der Waals surface area contributed by atoms with Crippen molar-refractivity contribution < 1.29 is 19.4 Å². The monoisotopic (exact) mass is 243 g/mol. The maximum atomic E-state index is 11.8. The first kappa shape index (κ1) is 14.0. The van der Waals surface area contributed by atoms with E-state index < -0.39 is 23.2 Å². The molecule has 0 bridgehead atoms. The summed E-state index contributed by atoms with van der Waals surface area (Å²) in [7, 11) is 0. The number of carboxylic acid groups (broad SMARTS) is 1. The lowest BCUT2D eigenvalue weighted by atomic mass is 10.1. The molecule has 0 radical (unpaired) electrons. The van der Waals surface area contributed by atoms with Crippen molar-refractivity contribution in [3.8, 4) is 0 Å². The van der Waals surface area contributed by atoms with E-state index in [0.29, 0.717) is 19.8 Å². The molecule has 5 heteroatoms. The fourth-order valence-electron chi connectivity index (χ4n) is 2.23. The number of carboxylic acids is 1. The Bertz CT molecular complexity index is 301. The molecule has 2 N–H and O–H groups in total. The van der Waals surface area contributed by atoms with Gasteiger partial charge in [0.25, 0.3) is 0 Å². The summed E-state index contributed by atoms with van der Waals surface area (Å²) in [6.45, 7) is 7.38. The van der Waals surface area contributed by atoms with Crippen LogP contribution in [0.15, 0.2) is 0 Å². The summed E-state index contributed by atoms with van der Waals surface area (Å²) in [5, 5.41) is 11.7. The summed E-state index contributed by atoms with van der Waals surface area (Å²) in [5.41, 5.74) is -0.421. The predicted molar refractivity (Wildman–Crippen MR) is 62.5 cm³/mol. The third-order valence-corrected chi connectivity index (χ3v) is 3.34.